The summed E-state index contributed by atoms with van der Waals surface area (Å²) in [5.74, 6) is 0.421. The summed E-state index contributed by atoms with van der Waals surface area (Å²) in [6.45, 7) is 1.88. The number of hydrogen-bond donors (Lipinski definition) is 1. The lowest BCUT2D eigenvalue weighted by atomic mass is 9.85. The average Bonchev–Trinajstić information content (AvgIpc) is 2.76. The van der Waals surface area contributed by atoms with Crippen molar-refractivity contribution in [2.24, 2.45) is 5.92 Å². The number of imide groups is 1. The number of carbonyl (C=O) groups excluding carboxylic acids is 2. The molecule has 0 radical (unpaired) electrons. The first-order valence-corrected chi connectivity index (χ1v) is 7.72. The van der Waals surface area contributed by atoms with E-state index >= 15 is 0 Å². The molecule has 1 atom stereocenters. The maximum atomic E-state index is 12.6. The highest BCUT2D eigenvalue weighted by atomic mass is 16.2. The van der Waals surface area contributed by atoms with Gasteiger partial charge in [-0.15, -0.1) is 0 Å². The molecule has 5 heteroatoms. The predicted octanol–water partition coefficient (Wildman–Crippen LogP) is 2.79. The zero-order chi connectivity index (χ0) is 14.8. The third-order valence-corrected chi connectivity index (χ3v) is 4.57. The smallest absolute Gasteiger partial charge is 0.325 e. The lowest BCUT2D eigenvalue weighted by molar-refractivity contribution is -0.118. The summed E-state index contributed by atoms with van der Waals surface area (Å²) in [6, 6.07) is 1.11. The lowest BCUT2D eigenvalue weighted by Gasteiger charge is -2.23. The summed E-state index contributed by atoms with van der Waals surface area (Å²) in [6.07, 6.45) is 10.1. The van der Waals surface area contributed by atoms with Gasteiger partial charge in [0.25, 0.3) is 5.91 Å². The van der Waals surface area contributed by atoms with Crippen molar-refractivity contribution in [3.05, 3.63) is 24.0 Å². The van der Waals surface area contributed by atoms with Gasteiger partial charge in [-0.05, 0) is 30.9 Å². The highest BCUT2D eigenvalue weighted by Crippen LogP contribution is 2.30. The Hall–Kier alpha value is -1.91. The zero-order valence-electron chi connectivity index (χ0n) is 12.3. The fraction of sp³-hybridized carbons (Fsp3) is 0.562. The second-order valence-corrected chi connectivity index (χ2v) is 6.08. The van der Waals surface area contributed by atoms with Crippen molar-refractivity contribution < 1.29 is 9.59 Å². The monoisotopic (exact) mass is 287 g/mol. The van der Waals surface area contributed by atoms with E-state index in [1.807, 2.05) is 13.0 Å². The molecule has 0 aromatic carbocycles. The number of carbonyl (C=O) groups is 2. The maximum Gasteiger partial charge on any atom is 0.329 e. The molecule has 1 saturated heterocycles. The van der Waals surface area contributed by atoms with Gasteiger partial charge in [0.2, 0.25) is 0 Å². The van der Waals surface area contributed by atoms with Crippen LogP contribution in [0.1, 0.15) is 44.1 Å². The van der Waals surface area contributed by atoms with Gasteiger partial charge in [-0.2, -0.15) is 0 Å². The first-order valence-electron chi connectivity index (χ1n) is 7.72. The first-order chi connectivity index (χ1) is 10.2. The van der Waals surface area contributed by atoms with Crippen molar-refractivity contribution in [1.29, 1.82) is 0 Å². The number of nitrogens with zero attached hydrogens (tertiary/aromatic N) is 2. The zero-order valence-corrected chi connectivity index (χ0v) is 12.3. The van der Waals surface area contributed by atoms with Crippen LogP contribution in [0.15, 0.2) is 18.5 Å². The van der Waals surface area contributed by atoms with Crippen LogP contribution in [0, 0.1) is 12.8 Å². The minimum absolute atomic E-state index is 0.137. The van der Waals surface area contributed by atoms with Crippen molar-refractivity contribution in [1.82, 2.24) is 10.3 Å². The van der Waals surface area contributed by atoms with Gasteiger partial charge < -0.3 is 5.32 Å². The molecule has 0 unspecified atom stereocenters. The van der Waals surface area contributed by atoms with E-state index in [9.17, 15) is 9.59 Å². The maximum absolute atomic E-state index is 12.6. The molecule has 2 aliphatic rings. The van der Waals surface area contributed by atoms with Crippen molar-refractivity contribution >= 4 is 17.6 Å². The van der Waals surface area contributed by atoms with Gasteiger partial charge in [0.1, 0.15) is 6.04 Å². The molecule has 5 nitrogen and oxygen atoms in total. The quantitative estimate of drug-likeness (QED) is 0.869. The SMILES string of the molecule is Cc1ccncc1N1C(=O)N[C@@H](CC2CCCCC2)C1=O. The molecule has 2 fully saturated rings. The summed E-state index contributed by atoms with van der Waals surface area (Å²) in [5, 5.41) is 2.84. The number of urea groups is 1. The van der Waals surface area contributed by atoms with Crippen LogP contribution in [-0.2, 0) is 4.79 Å². The largest absolute Gasteiger partial charge is 0.329 e. The van der Waals surface area contributed by atoms with E-state index in [2.05, 4.69) is 10.3 Å². The minimum atomic E-state index is -0.375. The van der Waals surface area contributed by atoms with Crippen LogP contribution in [0.5, 0.6) is 0 Å². The number of aryl methyl sites for hydroxylation is 1. The number of pyridine rings is 1. The van der Waals surface area contributed by atoms with Gasteiger partial charge in [-0.1, -0.05) is 32.1 Å². The van der Waals surface area contributed by atoms with E-state index in [1.54, 1.807) is 12.4 Å². The summed E-state index contributed by atoms with van der Waals surface area (Å²) >= 11 is 0. The number of hydrogen-bond acceptors (Lipinski definition) is 3. The molecule has 1 aliphatic heterocycles. The molecule has 21 heavy (non-hydrogen) atoms. The molecule has 1 aromatic rings. The topological polar surface area (TPSA) is 62.3 Å². The van der Waals surface area contributed by atoms with Crippen LogP contribution in [0.3, 0.4) is 0 Å². The van der Waals surface area contributed by atoms with Crippen LogP contribution in [0.25, 0.3) is 0 Å². The molecule has 1 saturated carbocycles. The Morgan fingerprint density at radius 1 is 1.29 bits per heavy atom. The van der Waals surface area contributed by atoms with E-state index in [1.165, 1.54) is 37.0 Å². The Bertz CT molecular complexity index is 552. The summed E-state index contributed by atoms with van der Waals surface area (Å²) < 4.78 is 0. The Labute approximate surface area is 124 Å². The third-order valence-electron chi connectivity index (χ3n) is 4.57. The van der Waals surface area contributed by atoms with Crippen LogP contribution >= 0.6 is 0 Å². The molecule has 0 spiro atoms. The molecule has 1 aliphatic carbocycles. The molecule has 3 amide bonds. The van der Waals surface area contributed by atoms with Gasteiger partial charge in [0.05, 0.1) is 11.9 Å². The molecular weight excluding hydrogens is 266 g/mol. The van der Waals surface area contributed by atoms with Crippen molar-refractivity contribution in [2.45, 2.75) is 51.5 Å². The van der Waals surface area contributed by atoms with Crippen LogP contribution in [0.2, 0.25) is 0 Å². The van der Waals surface area contributed by atoms with Crippen molar-refractivity contribution in [2.75, 3.05) is 4.90 Å². The first kappa shape index (κ1) is 14.0. The normalized spacial score (nSPS) is 23.5. The molecule has 112 valence electrons. The number of rotatable bonds is 3. The highest BCUT2D eigenvalue weighted by Gasteiger charge is 2.40. The highest BCUT2D eigenvalue weighted by molar-refractivity contribution is 6.21. The van der Waals surface area contributed by atoms with Crippen LogP contribution in [-0.4, -0.2) is 23.0 Å². The second-order valence-electron chi connectivity index (χ2n) is 6.08. The number of anilines is 1. The molecule has 1 aromatic heterocycles. The molecule has 3 rings (SSSR count). The van der Waals surface area contributed by atoms with Gasteiger partial charge in [0, 0.05) is 6.20 Å². The standard InChI is InChI=1S/C16H21N3O2/c1-11-7-8-17-10-14(11)19-15(20)13(18-16(19)21)9-12-5-3-2-4-6-12/h7-8,10,12-13H,2-6,9H2,1H3,(H,18,21)/t13-/m0/s1. The molecule has 0 bridgehead atoms. The average molecular weight is 287 g/mol. The number of nitrogens with one attached hydrogen (secondary N) is 1. The summed E-state index contributed by atoms with van der Waals surface area (Å²) in [5.41, 5.74) is 1.47. The molecular formula is C16H21N3O2. The Kier molecular flexibility index (Phi) is 3.90. The lowest BCUT2D eigenvalue weighted by Crippen LogP contribution is -2.33. The van der Waals surface area contributed by atoms with Crippen LogP contribution in [0.4, 0.5) is 10.5 Å². The van der Waals surface area contributed by atoms with Crippen molar-refractivity contribution in [3.8, 4) is 0 Å². The predicted molar refractivity (Wildman–Crippen MR) is 80.0 cm³/mol. The Balaban J connectivity index is 1.74. The van der Waals surface area contributed by atoms with Gasteiger partial charge in [-0.3, -0.25) is 9.78 Å². The van der Waals surface area contributed by atoms with Gasteiger partial charge in [0.15, 0.2) is 0 Å². The van der Waals surface area contributed by atoms with E-state index in [0.29, 0.717) is 11.6 Å². The minimum Gasteiger partial charge on any atom is -0.325 e. The van der Waals surface area contributed by atoms with Gasteiger partial charge in [-0.25, -0.2) is 9.69 Å². The fourth-order valence-electron chi connectivity index (χ4n) is 3.37. The number of amides is 3. The van der Waals surface area contributed by atoms with E-state index in [4.69, 9.17) is 0 Å². The second kappa shape index (κ2) is 5.84. The molecule has 2 heterocycles. The number of aromatic nitrogens is 1. The van der Waals surface area contributed by atoms with E-state index < -0.39 is 0 Å². The Morgan fingerprint density at radius 3 is 2.76 bits per heavy atom. The third kappa shape index (κ3) is 2.77. The van der Waals surface area contributed by atoms with E-state index in [-0.39, 0.29) is 18.0 Å². The summed E-state index contributed by atoms with van der Waals surface area (Å²) in [7, 11) is 0. The van der Waals surface area contributed by atoms with Crippen LogP contribution < -0.4 is 10.2 Å². The van der Waals surface area contributed by atoms with E-state index in [0.717, 1.165) is 12.0 Å². The Morgan fingerprint density at radius 2 is 2.05 bits per heavy atom. The van der Waals surface area contributed by atoms with Gasteiger partial charge >= 0.3 is 6.03 Å². The summed E-state index contributed by atoms with van der Waals surface area (Å²) in [4.78, 5) is 30.0. The molecule has 1 N–H and O–H groups in total. The fourth-order valence-corrected chi connectivity index (χ4v) is 3.37. The van der Waals surface area contributed by atoms with Crippen molar-refractivity contribution in [3.63, 3.8) is 0 Å².